The van der Waals surface area contributed by atoms with E-state index in [9.17, 15) is 27.1 Å². The largest absolute Gasteiger partial charge is 0.388 e. The Labute approximate surface area is 120 Å². The van der Waals surface area contributed by atoms with Gasteiger partial charge in [-0.25, -0.2) is 22.0 Å². The zero-order valence-electron chi connectivity index (χ0n) is 11.8. The number of aliphatic hydroxyl groups excluding tert-OH is 1. The van der Waals surface area contributed by atoms with Crippen molar-refractivity contribution in [2.75, 3.05) is 18.0 Å². The molecule has 1 aromatic carbocycles. The number of aliphatic hydroxyl groups is 1. The van der Waals surface area contributed by atoms with E-state index >= 15 is 0 Å². The van der Waals surface area contributed by atoms with Gasteiger partial charge in [-0.1, -0.05) is 0 Å². The summed E-state index contributed by atoms with van der Waals surface area (Å²) < 4.78 is 63.7. The zero-order chi connectivity index (χ0) is 16.2. The second kappa shape index (κ2) is 7.06. The maximum atomic E-state index is 13.5. The Balaban J connectivity index is 3.02. The molecule has 120 valence electrons. The molecule has 1 N–H and O–H groups in total. The van der Waals surface area contributed by atoms with E-state index in [0.29, 0.717) is 18.8 Å². The van der Waals surface area contributed by atoms with Crippen LogP contribution in [0.25, 0.3) is 0 Å². The molecule has 0 saturated carbocycles. The summed E-state index contributed by atoms with van der Waals surface area (Å²) in [7, 11) is 0. The molecule has 1 unspecified atom stereocenters. The van der Waals surface area contributed by atoms with Gasteiger partial charge in [-0.15, -0.1) is 0 Å². The second-order valence-corrected chi connectivity index (χ2v) is 4.70. The number of rotatable bonds is 7. The molecule has 7 heteroatoms. The quantitative estimate of drug-likeness (QED) is 0.770. The van der Waals surface area contributed by atoms with Crippen LogP contribution in [0.15, 0.2) is 18.2 Å². The molecule has 21 heavy (non-hydrogen) atoms. The Bertz CT molecular complexity index is 463. The van der Waals surface area contributed by atoms with E-state index in [2.05, 4.69) is 0 Å². The van der Waals surface area contributed by atoms with Gasteiger partial charge in [-0.3, -0.25) is 0 Å². The van der Waals surface area contributed by atoms with Crippen molar-refractivity contribution < 1.29 is 27.1 Å². The summed E-state index contributed by atoms with van der Waals surface area (Å²) in [5.74, 6) is -5.03. The van der Waals surface area contributed by atoms with Crippen molar-refractivity contribution in [3.8, 4) is 0 Å². The first-order valence-electron chi connectivity index (χ1n) is 6.60. The summed E-state index contributed by atoms with van der Waals surface area (Å²) in [4.78, 5) is 1.75. The topological polar surface area (TPSA) is 23.5 Å². The zero-order valence-corrected chi connectivity index (χ0v) is 11.8. The fourth-order valence-electron chi connectivity index (χ4n) is 2.02. The van der Waals surface area contributed by atoms with E-state index in [1.165, 1.54) is 12.1 Å². The first-order valence-corrected chi connectivity index (χ1v) is 6.60. The molecular formula is C14H18F5NO. The molecular weight excluding hydrogens is 293 g/mol. The van der Waals surface area contributed by atoms with Crippen LogP contribution in [-0.4, -0.2) is 30.5 Å². The Kier molecular flexibility index (Phi) is 5.95. The van der Waals surface area contributed by atoms with Crippen molar-refractivity contribution >= 4 is 5.69 Å². The molecule has 0 aromatic heterocycles. The lowest BCUT2D eigenvalue weighted by molar-refractivity contribution is -0.149. The number of anilines is 1. The van der Waals surface area contributed by atoms with Crippen LogP contribution in [0.2, 0.25) is 0 Å². The van der Waals surface area contributed by atoms with Gasteiger partial charge in [0, 0.05) is 25.2 Å². The van der Waals surface area contributed by atoms with Crippen molar-refractivity contribution in [1.82, 2.24) is 0 Å². The molecule has 0 aliphatic carbocycles. The molecule has 1 aromatic rings. The first kappa shape index (κ1) is 17.7. The number of halogens is 5. The van der Waals surface area contributed by atoms with Crippen LogP contribution in [0.5, 0.6) is 0 Å². The summed E-state index contributed by atoms with van der Waals surface area (Å²) in [5, 5.41) is 9.68. The van der Waals surface area contributed by atoms with E-state index in [1.807, 2.05) is 13.8 Å². The van der Waals surface area contributed by atoms with Crippen LogP contribution in [0.4, 0.5) is 27.6 Å². The summed E-state index contributed by atoms with van der Waals surface area (Å²) in [6.45, 7) is 4.77. The van der Waals surface area contributed by atoms with Crippen molar-refractivity contribution in [3.05, 3.63) is 29.6 Å². The fraction of sp³-hybridized carbons (Fsp3) is 0.571. The van der Waals surface area contributed by atoms with E-state index in [4.69, 9.17) is 0 Å². The maximum absolute atomic E-state index is 13.5. The molecule has 0 fully saturated rings. The maximum Gasteiger partial charge on any atom is 0.310 e. The van der Waals surface area contributed by atoms with Crippen molar-refractivity contribution in [1.29, 1.82) is 0 Å². The summed E-state index contributed by atoms with van der Waals surface area (Å²) in [5.41, 5.74) is 0.270. The van der Waals surface area contributed by atoms with Gasteiger partial charge in [0.1, 0.15) is 5.82 Å². The minimum Gasteiger partial charge on any atom is -0.388 e. The lowest BCUT2D eigenvalue weighted by atomic mass is 10.0. The third-order valence-electron chi connectivity index (χ3n) is 3.20. The lowest BCUT2D eigenvalue weighted by Gasteiger charge is -2.24. The van der Waals surface area contributed by atoms with Crippen LogP contribution in [0.1, 0.15) is 31.9 Å². The molecule has 1 atom stereocenters. The SMILES string of the molecule is CCN(CC)c1cc(F)cc(C(O)CC(F)(F)C(F)F)c1. The smallest absolute Gasteiger partial charge is 0.310 e. The predicted molar refractivity (Wildman–Crippen MR) is 70.5 cm³/mol. The van der Waals surface area contributed by atoms with Gasteiger partial charge in [0.15, 0.2) is 0 Å². The predicted octanol–water partition coefficient (Wildman–Crippen LogP) is 4.00. The van der Waals surface area contributed by atoms with E-state index in [-0.39, 0.29) is 5.56 Å². The van der Waals surface area contributed by atoms with Crippen molar-refractivity contribution in [2.45, 2.75) is 38.7 Å². The Hall–Kier alpha value is -1.37. The highest BCUT2D eigenvalue weighted by Crippen LogP contribution is 2.34. The highest BCUT2D eigenvalue weighted by Gasteiger charge is 2.42. The Morgan fingerprint density at radius 1 is 1.14 bits per heavy atom. The van der Waals surface area contributed by atoms with Crippen LogP contribution in [-0.2, 0) is 0 Å². The Morgan fingerprint density at radius 2 is 1.71 bits per heavy atom. The van der Waals surface area contributed by atoms with Gasteiger partial charge in [0.05, 0.1) is 6.10 Å². The van der Waals surface area contributed by atoms with Crippen molar-refractivity contribution in [3.63, 3.8) is 0 Å². The molecule has 0 radical (unpaired) electrons. The molecule has 2 nitrogen and oxygen atoms in total. The number of nitrogens with zero attached hydrogens (tertiary/aromatic N) is 1. The van der Waals surface area contributed by atoms with Crippen molar-refractivity contribution in [2.24, 2.45) is 0 Å². The second-order valence-electron chi connectivity index (χ2n) is 4.70. The van der Waals surface area contributed by atoms with Gasteiger partial charge in [0.25, 0.3) is 0 Å². The highest BCUT2D eigenvalue weighted by molar-refractivity contribution is 5.49. The number of hydrogen-bond donors (Lipinski definition) is 1. The Morgan fingerprint density at radius 3 is 2.19 bits per heavy atom. The van der Waals surface area contributed by atoms with Gasteiger partial charge in [-0.05, 0) is 37.6 Å². The number of hydrogen-bond acceptors (Lipinski definition) is 2. The standard InChI is InChI=1S/C14H18F5NO/c1-3-20(4-2)11-6-9(5-10(15)7-11)12(21)8-14(18,19)13(16)17/h5-7,12-13,21H,3-4,8H2,1-2H3. The normalized spacial score (nSPS) is 13.6. The average molecular weight is 311 g/mol. The number of benzene rings is 1. The van der Waals surface area contributed by atoms with Crippen LogP contribution in [0.3, 0.4) is 0 Å². The first-order chi connectivity index (χ1) is 9.71. The van der Waals surface area contributed by atoms with Gasteiger partial charge in [0.2, 0.25) is 0 Å². The third kappa shape index (κ3) is 4.56. The van der Waals surface area contributed by atoms with E-state index in [1.54, 1.807) is 4.90 Å². The van der Waals surface area contributed by atoms with Gasteiger partial charge >= 0.3 is 12.3 Å². The molecule has 0 aliphatic rings. The molecule has 1 rings (SSSR count). The minimum atomic E-state index is -4.32. The molecule has 0 amide bonds. The summed E-state index contributed by atoms with van der Waals surface area (Å²) in [6.07, 6.45) is -7.19. The average Bonchev–Trinajstić information content (AvgIpc) is 2.38. The lowest BCUT2D eigenvalue weighted by Crippen LogP contribution is -2.29. The number of alkyl halides is 4. The molecule has 0 saturated heterocycles. The highest BCUT2D eigenvalue weighted by atomic mass is 19.3. The van der Waals surface area contributed by atoms with E-state index in [0.717, 1.165) is 6.07 Å². The summed E-state index contributed by atoms with van der Waals surface area (Å²) in [6, 6.07) is 3.41. The van der Waals surface area contributed by atoms with Gasteiger partial charge < -0.3 is 10.0 Å². The molecule has 0 aliphatic heterocycles. The third-order valence-corrected chi connectivity index (χ3v) is 3.20. The monoisotopic (exact) mass is 311 g/mol. The van der Waals surface area contributed by atoms with Gasteiger partial charge in [-0.2, -0.15) is 0 Å². The van der Waals surface area contributed by atoms with E-state index < -0.39 is 30.7 Å². The fourth-order valence-corrected chi connectivity index (χ4v) is 2.02. The summed E-state index contributed by atoms with van der Waals surface area (Å²) >= 11 is 0. The van der Waals surface area contributed by atoms with Crippen LogP contribution < -0.4 is 4.90 Å². The molecule has 0 bridgehead atoms. The van der Waals surface area contributed by atoms with Crippen LogP contribution >= 0.6 is 0 Å². The molecule has 0 spiro atoms. The molecule has 0 heterocycles. The minimum absolute atomic E-state index is 0.141. The van der Waals surface area contributed by atoms with Crippen LogP contribution in [0, 0.1) is 5.82 Å².